The van der Waals surface area contributed by atoms with E-state index >= 15 is 0 Å². The van der Waals surface area contributed by atoms with Crippen molar-refractivity contribution in [3.63, 3.8) is 0 Å². The van der Waals surface area contributed by atoms with Gasteiger partial charge in [-0.25, -0.2) is 0 Å². The molecular formula is C8H15GeNO5. The molecule has 0 N–H and O–H groups in total. The molecule has 0 spiro atoms. The SMILES string of the molecule is CC(=O)[O][Ge]12[O]CCN(CC[O]1)CC[O]2. The summed E-state index contributed by atoms with van der Waals surface area (Å²) in [5.41, 5.74) is 0. The van der Waals surface area contributed by atoms with Gasteiger partial charge in [0.2, 0.25) is 0 Å². The second-order valence-electron chi connectivity index (χ2n) is 3.48. The molecule has 15 heavy (non-hydrogen) atoms. The number of hydrogen-bond donors (Lipinski definition) is 0. The monoisotopic (exact) mass is 279 g/mol. The minimum atomic E-state index is -3.71. The maximum atomic E-state index is 11.0. The average molecular weight is 278 g/mol. The van der Waals surface area contributed by atoms with E-state index in [1.54, 1.807) is 0 Å². The molecular weight excluding hydrogens is 263 g/mol. The van der Waals surface area contributed by atoms with E-state index in [0.29, 0.717) is 19.8 Å². The molecule has 3 aliphatic heterocycles. The molecule has 3 heterocycles. The van der Waals surface area contributed by atoms with Gasteiger partial charge in [-0.1, -0.05) is 0 Å². The molecule has 3 aliphatic rings. The predicted molar refractivity (Wildman–Crippen MR) is 51.8 cm³/mol. The van der Waals surface area contributed by atoms with Crippen LogP contribution in [0.15, 0.2) is 0 Å². The second-order valence-corrected chi connectivity index (χ2v) is 7.82. The van der Waals surface area contributed by atoms with Gasteiger partial charge in [0.05, 0.1) is 0 Å². The molecule has 0 aromatic rings. The molecule has 0 saturated carbocycles. The molecule has 0 aromatic carbocycles. The van der Waals surface area contributed by atoms with Crippen LogP contribution in [0.2, 0.25) is 0 Å². The topological polar surface area (TPSA) is 57.2 Å². The number of nitrogens with zero attached hydrogens (tertiary/aromatic N) is 1. The van der Waals surface area contributed by atoms with E-state index in [-0.39, 0.29) is 0 Å². The zero-order valence-electron chi connectivity index (χ0n) is 8.73. The van der Waals surface area contributed by atoms with Crippen molar-refractivity contribution in [3.05, 3.63) is 0 Å². The van der Waals surface area contributed by atoms with Crippen molar-refractivity contribution in [3.8, 4) is 0 Å². The van der Waals surface area contributed by atoms with Gasteiger partial charge in [0, 0.05) is 0 Å². The van der Waals surface area contributed by atoms with Crippen LogP contribution in [0.5, 0.6) is 0 Å². The Morgan fingerprint density at radius 3 is 2.00 bits per heavy atom. The fourth-order valence-electron chi connectivity index (χ4n) is 1.62. The molecule has 0 amide bonds. The van der Waals surface area contributed by atoms with Crippen LogP contribution in [-0.4, -0.2) is 64.9 Å². The number of hydrogen-bond acceptors (Lipinski definition) is 6. The summed E-state index contributed by atoms with van der Waals surface area (Å²) in [5.74, 6) is -0.395. The molecule has 0 unspecified atom stereocenters. The van der Waals surface area contributed by atoms with E-state index in [9.17, 15) is 4.79 Å². The van der Waals surface area contributed by atoms with E-state index in [4.69, 9.17) is 15.1 Å². The van der Waals surface area contributed by atoms with Gasteiger partial charge in [0.1, 0.15) is 0 Å². The third-order valence-electron chi connectivity index (χ3n) is 2.33. The van der Waals surface area contributed by atoms with Crippen molar-refractivity contribution < 1.29 is 19.8 Å². The minimum absolute atomic E-state index is 0.395. The summed E-state index contributed by atoms with van der Waals surface area (Å²) in [5, 5.41) is 0. The first kappa shape index (κ1) is 11.3. The van der Waals surface area contributed by atoms with Crippen LogP contribution < -0.4 is 0 Å². The second kappa shape index (κ2) is 4.79. The van der Waals surface area contributed by atoms with Gasteiger partial charge in [-0.2, -0.15) is 0 Å². The van der Waals surface area contributed by atoms with Crippen molar-refractivity contribution in [2.75, 3.05) is 39.5 Å². The van der Waals surface area contributed by atoms with Gasteiger partial charge >= 0.3 is 91.7 Å². The van der Waals surface area contributed by atoms with Gasteiger partial charge in [0.15, 0.2) is 0 Å². The summed E-state index contributed by atoms with van der Waals surface area (Å²) >= 11 is -3.71. The summed E-state index contributed by atoms with van der Waals surface area (Å²) in [6.45, 7) is 5.41. The third-order valence-corrected chi connectivity index (χ3v) is 6.97. The van der Waals surface area contributed by atoms with E-state index < -0.39 is 20.6 Å². The number of rotatable bonds is 1. The van der Waals surface area contributed by atoms with Gasteiger partial charge in [0.25, 0.3) is 0 Å². The summed E-state index contributed by atoms with van der Waals surface area (Å²) in [6.07, 6.45) is 0. The zero-order chi connectivity index (χ0) is 10.7. The Labute approximate surface area is 92.1 Å². The van der Waals surface area contributed by atoms with E-state index in [1.165, 1.54) is 6.92 Å². The first-order chi connectivity index (χ1) is 7.20. The predicted octanol–water partition coefficient (Wildman–Crippen LogP) is -0.636. The van der Waals surface area contributed by atoms with E-state index in [0.717, 1.165) is 19.6 Å². The Morgan fingerprint density at radius 2 is 1.60 bits per heavy atom. The summed E-state index contributed by atoms with van der Waals surface area (Å²) in [7, 11) is 0. The van der Waals surface area contributed by atoms with Gasteiger partial charge in [-0.05, 0) is 0 Å². The van der Waals surface area contributed by atoms with Crippen molar-refractivity contribution in [2.24, 2.45) is 0 Å². The van der Waals surface area contributed by atoms with Crippen LogP contribution in [0, 0.1) is 0 Å². The standard InChI is InChI=1S/C8H15GeNO5/c1-8(11)15-9-12-5-2-10(3-6-13-9)4-7-14-9/h2-7H2,1H3. The van der Waals surface area contributed by atoms with Crippen LogP contribution in [-0.2, 0) is 19.8 Å². The Bertz CT molecular complexity index is 223. The Hall–Kier alpha value is -0.147. The van der Waals surface area contributed by atoms with Crippen LogP contribution in [0.3, 0.4) is 0 Å². The number of carbonyl (C=O) groups excluding carboxylic acids is 1. The van der Waals surface area contributed by atoms with Crippen molar-refractivity contribution >= 4 is 20.6 Å². The van der Waals surface area contributed by atoms with Crippen molar-refractivity contribution in [1.82, 2.24) is 4.90 Å². The van der Waals surface area contributed by atoms with Gasteiger partial charge in [-0.3, -0.25) is 0 Å². The number of fused-ring (bicyclic) bond motifs is 6. The van der Waals surface area contributed by atoms with Crippen LogP contribution in [0.25, 0.3) is 0 Å². The summed E-state index contributed by atoms with van der Waals surface area (Å²) in [6, 6.07) is 0. The van der Waals surface area contributed by atoms with Gasteiger partial charge < -0.3 is 0 Å². The zero-order valence-corrected chi connectivity index (χ0v) is 10.8. The van der Waals surface area contributed by atoms with E-state index in [1.807, 2.05) is 0 Å². The Balaban J connectivity index is 2.08. The molecule has 0 aliphatic carbocycles. The number of carbonyl (C=O) groups is 1. The molecule has 3 rings (SSSR count). The van der Waals surface area contributed by atoms with Crippen molar-refractivity contribution in [1.29, 1.82) is 0 Å². The summed E-state index contributed by atoms with van der Waals surface area (Å²) < 4.78 is 21.7. The first-order valence-electron chi connectivity index (χ1n) is 5.04. The molecule has 2 bridgehead atoms. The molecule has 3 saturated heterocycles. The molecule has 0 atom stereocenters. The quantitative estimate of drug-likeness (QED) is 0.595. The first-order valence-corrected chi connectivity index (χ1v) is 8.47. The maximum absolute atomic E-state index is 11.0. The fraction of sp³-hybridized carbons (Fsp3) is 0.875. The van der Waals surface area contributed by atoms with Crippen LogP contribution in [0.4, 0.5) is 0 Å². The van der Waals surface area contributed by atoms with Crippen LogP contribution in [0.1, 0.15) is 6.92 Å². The normalized spacial score (nSPS) is 36.5. The molecule has 0 radical (unpaired) electrons. The summed E-state index contributed by atoms with van der Waals surface area (Å²) in [4.78, 5) is 13.2. The average Bonchev–Trinajstić information content (AvgIpc) is 2.05. The molecule has 6 nitrogen and oxygen atoms in total. The van der Waals surface area contributed by atoms with Crippen molar-refractivity contribution in [2.45, 2.75) is 6.92 Å². The molecule has 3 fully saturated rings. The third kappa shape index (κ3) is 2.91. The molecule has 86 valence electrons. The van der Waals surface area contributed by atoms with E-state index in [2.05, 4.69) is 4.90 Å². The van der Waals surface area contributed by atoms with Gasteiger partial charge in [-0.15, -0.1) is 0 Å². The Kier molecular flexibility index (Phi) is 3.62. The fourth-order valence-corrected chi connectivity index (χ4v) is 5.41. The van der Waals surface area contributed by atoms with Crippen LogP contribution >= 0.6 is 0 Å². The molecule has 0 aromatic heterocycles. The Morgan fingerprint density at radius 1 is 1.13 bits per heavy atom. The molecule has 7 heteroatoms.